The molecule has 0 fully saturated rings. The fourth-order valence-corrected chi connectivity index (χ4v) is 5.88. The largest absolute Gasteiger partial charge is 0.462 e. The van der Waals surface area contributed by atoms with Gasteiger partial charge in [0.05, 0.1) is 0 Å². The summed E-state index contributed by atoms with van der Waals surface area (Å²) in [6.45, 7) is 6.24. The molecule has 0 N–H and O–H groups in total. The zero-order chi connectivity index (χ0) is 44.4. The highest BCUT2D eigenvalue weighted by Crippen LogP contribution is 2.10. The summed E-state index contributed by atoms with van der Waals surface area (Å²) in [5.41, 5.74) is 0. The van der Waals surface area contributed by atoms with Crippen LogP contribution < -0.4 is 0 Å². The fraction of sp³-hybridized carbons (Fsp3) is 0.582. The van der Waals surface area contributed by atoms with Gasteiger partial charge < -0.3 is 14.2 Å². The second-order valence-corrected chi connectivity index (χ2v) is 15.2. The Balaban J connectivity index is 4.57. The van der Waals surface area contributed by atoms with Gasteiger partial charge in [-0.15, -0.1) is 0 Å². The third-order valence-electron chi connectivity index (χ3n) is 9.43. The number of carbonyl (C=O) groups is 3. The van der Waals surface area contributed by atoms with Gasteiger partial charge in [-0.3, -0.25) is 14.4 Å². The van der Waals surface area contributed by atoms with Crippen molar-refractivity contribution in [1.82, 2.24) is 0 Å². The van der Waals surface area contributed by atoms with Gasteiger partial charge in [0.2, 0.25) is 0 Å². The van der Waals surface area contributed by atoms with Crippen molar-refractivity contribution in [3.05, 3.63) is 122 Å². The van der Waals surface area contributed by atoms with Crippen LogP contribution in [0.5, 0.6) is 0 Å². The first-order chi connectivity index (χ1) is 30.0. The molecule has 0 aliphatic carbocycles. The Hall–Kier alpha value is -4.19. The van der Waals surface area contributed by atoms with Crippen molar-refractivity contribution in [3.8, 4) is 0 Å². The summed E-state index contributed by atoms with van der Waals surface area (Å²) in [6, 6.07) is 0. The molecule has 1 unspecified atom stereocenters. The Bertz CT molecular complexity index is 1340. The average Bonchev–Trinajstić information content (AvgIpc) is 3.26. The molecule has 0 saturated carbocycles. The van der Waals surface area contributed by atoms with Crippen molar-refractivity contribution in [2.75, 3.05) is 13.2 Å². The van der Waals surface area contributed by atoms with Crippen LogP contribution in [0, 0.1) is 0 Å². The van der Waals surface area contributed by atoms with Crippen LogP contribution in [-0.4, -0.2) is 37.2 Å². The smallest absolute Gasteiger partial charge is 0.306 e. The van der Waals surface area contributed by atoms with Crippen LogP contribution in [0.15, 0.2) is 122 Å². The van der Waals surface area contributed by atoms with Gasteiger partial charge in [0, 0.05) is 19.3 Å². The lowest BCUT2D eigenvalue weighted by molar-refractivity contribution is -0.167. The Morgan fingerprint density at radius 2 is 0.656 bits per heavy atom. The van der Waals surface area contributed by atoms with Gasteiger partial charge in [0.15, 0.2) is 6.10 Å². The SMILES string of the molecule is CC/C=C\C/C=C\C/C=C\C/C=C\C/C=C\CCCC(=O)OCC(COC(=O)CCCC/C=C\C/C=C\CC)OC(=O)CCC/C=C\C/C=C\C/C=C\CCCCCCCC. The fourth-order valence-electron chi connectivity index (χ4n) is 5.88. The van der Waals surface area contributed by atoms with Crippen molar-refractivity contribution in [2.45, 2.75) is 194 Å². The van der Waals surface area contributed by atoms with Crippen LogP contribution in [0.4, 0.5) is 0 Å². The number of hydrogen-bond acceptors (Lipinski definition) is 6. The van der Waals surface area contributed by atoms with Gasteiger partial charge in [0.1, 0.15) is 13.2 Å². The molecule has 0 rings (SSSR count). The van der Waals surface area contributed by atoms with E-state index in [1.807, 2.05) is 0 Å². The zero-order valence-electron chi connectivity index (χ0n) is 38.9. The van der Waals surface area contributed by atoms with Gasteiger partial charge in [-0.25, -0.2) is 0 Å². The topological polar surface area (TPSA) is 78.9 Å². The molecule has 0 spiro atoms. The molecular weight excluding hydrogens is 757 g/mol. The van der Waals surface area contributed by atoms with E-state index in [1.165, 1.54) is 44.9 Å². The van der Waals surface area contributed by atoms with Gasteiger partial charge >= 0.3 is 17.9 Å². The van der Waals surface area contributed by atoms with Crippen LogP contribution in [0.1, 0.15) is 188 Å². The van der Waals surface area contributed by atoms with Crippen LogP contribution in [0.2, 0.25) is 0 Å². The summed E-state index contributed by atoms with van der Waals surface area (Å²) < 4.78 is 16.6. The van der Waals surface area contributed by atoms with Crippen molar-refractivity contribution < 1.29 is 28.6 Å². The molecular formula is C55H86O6. The maximum absolute atomic E-state index is 12.7. The molecule has 1 atom stereocenters. The molecule has 6 heteroatoms. The van der Waals surface area contributed by atoms with Crippen molar-refractivity contribution >= 4 is 17.9 Å². The average molecular weight is 843 g/mol. The van der Waals surface area contributed by atoms with E-state index in [-0.39, 0.29) is 44.4 Å². The van der Waals surface area contributed by atoms with E-state index in [1.54, 1.807) is 0 Å². The molecule has 342 valence electrons. The van der Waals surface area contributed by atoms with E-state index in [0.29, 0.717) is 19.3 Å². The minimum Gasteiger partial charge on any atom is -0.462 e. The number of unbranched alkanes of at least 4 members (excludes halogenated alkanes) is 10. The normalized spacial score (nSPS) is 13.2. The number of rotatable bonds is 41. The second kappa shape index (κ2) is 48.5. The highest BCUT2D eigenvalue weighted by molar-refractivity contribution is 5.71. The van der Waals surface area contributed by atoms with Gasteiger partial charge in [0.25, 0.3) is 0 Å². The number of allylic oxidation sites excluding steroid dienone is 20. The minimum atomic E-state index is -0.842. The summed E-state index contributed by atoms with van der Waals surface area (Å²) in [5, 5.41) is 0. The maximum atomic E-state index is 12.7. The van der Waals surface area contributed by atoms with Gasteiger partial charge in [-0.2, -0.15) is 0 Å². The first-order valence-electron chi connectivity index (χ1n) is 24.0. The number of esters is 3. The third-order valence-corrected chi connectivity index (χ3v) is 9.43. The van der Waals surface area contributed by atoms with Crippen molar-refractivity contribution in [3.63, 3.8) is 0 Å². The monoisotopic (exact) mass is 843 g/mol. The summed E-state index contributed by atoms with van der Waals surface area (Å²) in [5.74, 6) is -1.10. The van der Waals surface area contributed by atoms with E-state index >= 15 is 0 Å². The molecule has 0 bridgehead atoms. The summed E-state index contributed by atoms with van der Waals surface area (Å²) in [7, 11) is 0. The number of carbonyl (C=O) groups excluding carboxylic acids is 3. The van der Waals surface area contributed by atoms with E-state index < -0.39 is 12.1 Å². The van der Waals surface area contributed by atoms with Crippen LogP contribution in [0.3, 0.4) is 0 Å². The van der Waals surface area contributed by atoms with Crippen LogP contribution in [-0.2, 0) is 28.6 Å². The highest BCUT2D eigenvalue weighted by atomic mass is 16.6. The summed E-state index contributed by atoms with van der Waals surface area (Å²) in [6.07, 6.45) is 66.4. The first-order valence-corrected chi connectivity index (χ1v) is 24.0. The molecule has 0 aliphatic heterocycles. The Kier molecular flexibility index (Phi) is 45.1. The quantitative estimate of drug-likeness (QED) is 0.0264. The standard InChI is InChI=1S/C55H86O6/c1-4-7-10-13-16-19-21-23-25-27-29-31-33-36-39-42-45-48-54(57)60-51-52(50-59-53(56)47-44-41-38-35-18-15-12-9-6-3)61-55(58)49-46-43-40-37-34-32-30-28-26-24-22-20-17-14-11-8-5-2/h7,9-10,12,16,18-19,23-26,29-32,35-37,39-40,52H,4-6,8,11,13-15,17,20-22,27-28,33-34,38,41-51H2,1-3H3/b10-7-,12-9-,19-16-,25-23-,26-24-,31-29-,32-30-,35-18-,39-36-,40-37-. The molecule has 0 aromatic rings. The predicted octanol–water partition coefficient (Wildman–Crippen LogP) is 15.7. The molecule has 0 aliphatic rings. The molecule has 0 aromatic heterocycles. The lowest BCUT2D eigenvalue weighted by atomic mass is 10.1. The van der Waals surface area contributed by atoms with Crippen LogP contribution in [0.25, 0.3) is 0 Å². The van der Waals surface area contributed by atoms with Crippen molar-refractivity contribution in [1.29, 1.82) is 0 Å². The van der Waals surface area contributed by atoms with E-state index in [4.69, 9.17) is 14.2 Å². The Labute approximate surface area is 373 Å². The molecule has 0 heterocycles. The third kappa shape index (κ3) is 46.7. The molecule has 61 heavy (non-hydrogen) atoms. The first kappa shape index (κ1) is 56.8. The van der Waals surface area contributed by atoms with Crippen molar-refractivity contribution in [2.24, 2.45) is 0 Å². The summed E-state index contributed by atoms with van der Waals surface area (Å²) >= 11 is 0. The summed E-state index contributed by atoms with van der Waals surface area (Å²) in [4.78, 5) is 37.7. The van der Waals surface area contributed by atoms with Gasteiger partial charge in [-0.1, -0.05) is 174 Å². The van der Waals surface area contributed by atoms with E-state index in [2.05, 4.69) is 142 Å². The van der Waals surface area contributed by atoms with E-state index in [0.717, 1.165) is 83.5 Å². The number of hydrogen-bond donors (Lipinski definition) is 0. The molecule has 0 aromatic carbocycles. The second-order valence-electron chi connectivity index (χ2n) is 15.2. The lowest BCUT2D eigenvalue weighted by Gasteiger charge is -2.18. The zero-order valence-corrected chi connectivity index (χ0v) is 38.9. The van der Waals surface area contributed by atoms with Crippen LogP contribution >= 0.6 is 0 Å². The maximum Gasteiger partial charge on any atom is 0.306 e. The minimum absolute atomic E-state index is 0.137. The predicted molar refractivity (Wildman–Crippen MR) is 260 cm³/mol. The Morgan fingerprint density at radius 3 is 1.07 bits per heavy atom. The highest BCUT2D eigenvalue weighted by Gasteiger charge is 2.19. The molecule has 0 saturated heterocycles. The molecule has 0 radical (unpaired) electrons. The van der Waals surface area contributed by atoms with E-state index in [9.17, 15) is 14.4 Å². The Morgan fingerprint density at radius 1 is 0.344 bits per heavy atom. The number of ether oxygens (including phenoxy) is 3. The lowest BCUT2D eigenvalue weighted by Crippen LogP contribution is -2.30. The molecule has 0 amide bonds. The van der Waals surface area contributed by atoms with Gasteiger partial charge in [-0.05, 0) is 116 Å². The molecule has 6 nitrogen and oxygen atoms in total.